The van der Waals surface area contributed by atoms with Crippen LogP contribution in [0.1, 0.15) is 446 Å². The third-order valence-corrected chi connectivity index (χ3v) is 22.9. The van der Waals surface area contributed by atoms with Crippen molar-refractivity contribution >= 4 is 23.9 Å². The Bertz CT molecular complexity index is 2110. The highest BCUT2D eigenvalue weighted by molar-refractivity contribution is 5.71. The second-order valence-corrected chi connectivity index (χ2v) is 37.8. The fraction of sp³-hybridized carbons (Fsp3) is 0.955. The zero-order valence-electron chi connectivity index (χ0n) is 71.2. The van der Waals surface area contributed by atoms with Gasteiger partial charge in [-0.1, -0.05) is 232 Å². The number of nitrogens with zero attached hydrogens (tertiary/aromatic N) is 4. The van der Waals surface area contributed by atoms with E-state index in [1.54, 1.807) is 0 Å². The number of hydrogen-bond acceptors (Lipinski definition) is 16. The van der Waals surface area contributed by atoms with Gasteiger partial charge in [-0.2, -0.15) is 20.3 Å². The molecule has 104 heavy (non-hydrogen) atoms. The van der Waals surface area contributed by atoms with Crippen LogP contribution in [0.25, 0.3) is 0 Å². The predicted octanol–water partition coefficient (Wildman–Crippen LogP) is 23.4. The maximum absolute atomic E-state index is 13.4. The van der Waals surface area contributed by atoms with Crippen LogP contribution in [0.5, 0.6) is 0 Å². The van der Waals surface area contributed by atoms with E-state index < -0.39 is 22.2 Å². The van der Waals surface area contributed by atoms with E-state index in [2.05, 4.69) is 135 Å². The molecule has 0 N–H and O–H groups in total. The van der Waals surface area contributed by atoms with Gasteiger partial charge in [-0.15, -0.1) is 0 Å². The smallest absolute Gasteiger partial charge is 0.308 e. The van der Waals surface area contributed by atoms with Gasteiger partial charge in [0.25, 0.3) is 0 Å². The molecule has 4 saturated heterocycles. The SMILES string of the molecule is CCCCCCCCCCCCCCCCCCON1C(C)(C)CC(OC(=O)CCON2C(C)(C)CC(OC(=O)CCCCCCCCC(=O)OC3CC(C)(C)N(OCCC(=O)OC4CC(C)(C)N(OCCCCCCCCCCCCCCCCCC)C(C)(C)C4)C(C)(C)C3)CC2(C)C)CC1(C)C. The average Bonchev–Trinajstić information content (AvgIpc) is 0.797. The second-order valence-electron chi connectivity index (χ2n) is 37.8. The van der Waals surface area contributed by atoms with Gasteiger partial charge in [0.15, 0.2) is 0 Å². The van der Waals surface area contributed by atoms with Crippen molar-refractivity contribution in [2.75, 3.05) is 26.4 Å². The van der Waals surface area contributed by atoms with Gasteiger partial charge in [-0.05, 0) is 136 Å². The molecule has 16 nitrogen and oxygen atoms in total. The maximum Gasteiger partial charge on any atom is 0.308 e. The average molecular weight is 1470 g/mol. The van der Waals surface area contributed by atoms with E-state index in [9.17, 15) is 19.2 Å². The van der Waals surface area contributed by atoms with Gasteiger partial charge in [0.2, 0.25) is 0 Å². The van der Waals surface area contributed by atoms with Crippen LogP contribution in [0.3, 0.4) is 0 Å². The molecule has 4 aliphatic rings. The molecule has 0 atom stereocenters. The van der Waals surface area contributed by atoms with E-state index in [1.807, 2.05) is 10.1 Å². The van der Waals surface area contributed by atoms with E-state index in [1.165, 1.54) is 193 Å². The van der Waals surface area contributed by atoms with E-state index in [0.29, 0.717) is 77.4 Å². The molecular weight excluding hydrogens is 1300 g/mol. The van der Waals surface area contributed by atoms with E-state index in [-0.39, 0.29) is 96.5 Å². The molecule has 0 spiro atoms. The lowest BCUT2D eigenvalue weighted by Gasteiger charge is -2.53. The number of unbranched alkanes of at least 4 members (excludes halogenated alkanes) is 35. The Hall–Kier alpha value is -2.44. The summed E-state index contributed by atoms with van der Waals surface area (Å²) in [5, 5.41) is 8.36. The van der Waals surface area contributed by atoms with Gasteiger partial charge in [-0.25, -0.2) is 0 Å². The molecule has 0 saturated carbocycles. The lowest BCUT2D eigenvalue weighted by molar-refractivity contribution is -0.296. The molecule has 4 fully saturated rings. The molecule has 0 unspecified atom stereocenters. The molecule has 4 aliphatic heterocycles. The minimum atomic E-state index is -0.438. The van der Waals surface area contributed by atoms with Crippen LogP contribution in [0.15, 0.2) is 0 Å². The lowest BCUT2D eigenvalue weighted by Crippen LogP contribution is -2.62. The summed E-state index contributed by atoms with van der Waals surface area (Å²) in [5.41, 5.74) is -2.92. The van der Waals surface area contributed by atoms with Gasteiger partial charge in [0, 0.05) is 109 Å². The van der Waals surface area contributed by atoms with Gasteiger partial charge >= 0.3 is 23.9 Å². The normalized spacial score (nSPS) is 20.8. The van der Waals surface area contributed by atoms with Crippen molar-refractivity contribution in [3.63, 3.8) is 0 Å². The number of esters is 4. The van der Waals surface area contributed by atoms with Crippen LogP contribution in [-0.4, -0.2) is 139 Å². The van der Waals surface area contributed by atoms with Crippen LogP contribution >= 0.6 is 0 Å². The van der Waals surface area contributed by atoms with Crippen molar-refractivity contribution in [3.05, 3.63) is 0 Å². The van der Waals surface area contributed by atoms with Crippen LogP contribution in [0.4, 0.5) is 0 Å². The highest BCUT2D eigenvalue weighted by Gasteiger charge is 2.52. The second kappa shape index (κ2) is 48.4. The van der Waals surface area contributed by atoms with Crippen LogP contribution in [0, 0.1) is 0 Å². The maximum atomic E-state index is 13.4. The highest BCUT2D eigenvalue weighted by Crippen LogP contribution is 2.45. The number of piperidine rings is 4. The number of ether oxygens (including phenoxy) is 4. The summed E-state index contributed by atoms with van der Waals surface area (Å²) >= 11 is 0. The fourth-order valence-corrected chi connectivity index (χ4v) is 18.7. The Morgan fingerprint density at radius 3 is 0.567 bits per heavy atom. The van der Waals surface area contributed by atoms with Gasteiger partial charge in [0.1, 0.15) is 24.4 Å². The Morgan fingerprint density at radius 2 is 0.375 bits per heavy atom. The fourth-order valence-electron chi connectivity index (χ4n) is 18.7. The number of rotatable bonds is 57. The van der Waals surface area contributed by atoms with Gasteiger partial charge in [-0.3, -0.25) is 38.5 Å². The number of hydroxylamine groups is 8. The minimum absolute atomic E-state index is 0.151. The third kappa shape index (κ3) is 36.6. The van der Waals surface area contributed by atoms with Crippen molar-refractivity contribution in [1.29, 1.82) is 0 Å². The first kappa shape index (κ1) is 93.9. The zero-order valence-corrected chi connectivity index (χ0v) is 71.2. The summed E-state index contributed by atoms with van der Waals surface area (Å²) in [4.78, 5) is 79.0. The Balaban J connectivity index is 1.01. The molecular formula is C88H166N4O12. The predicted molar refractivity (Wildman–Crippen MR) is 426 cm³/mol. The topological polar surface area (TPSA) is 155 Å². The Morgan fingerprint density at radius 1 is 0.221 bits per heavy atom. The largest absolute Gasteiger partial charge is 0.462 e. The zero-order chi connectivity index (χ0) is 76.8. The first-order valence-electron chi connectivity index (χ1n) is 43.7. The number of hydrogen-bond donors (Lipinski definition) is 0. The monoisotopic (exact) mass is 1470 g/mol. The first-order valence-corrected chi connectivity index (χ1v) is 43.7. The van der Waals surface area contributed by atoms with E-state index >= 15 is 0 Å². The summed E-state index contributed by atoms with van der Waals surface area (Å²) in [6.07, 6.45) is 54.0. The summed E-state index contributed by atoms with van der Waals surface area (Å²) < 4.78 is 24.5. The molecule has 16 heteroatoms. The minimum Gasteiger partial charge on any atom is -0.462 e. The van der Waals surface area contributed by atoms with Crippen LogP contribution in [0.2, 0.25) is 0 Å². The van der Waals surface area contributed by atoms with E-state index in [0.717, 1.165) is 51.4 Å². The molecule has 0 aromatic rings. The standard InChI is InChI=1S/C88H166N4O12/c1-19-21-23-25-27-29-31-33-35-37-39-41-43-47-51-55-61-97-89-81(3,4)69-75(70-82(89,5)6)103-79(95)59-63-99-91-85(11,12)65-73(66-86(91,13)14)101-77(93)57-53-49-45-46-50-54-58-78(94)102-74-67-87(15,16)92(88(17,18)68-74)100-64-60-80(96)104-76-71-83(7,8)90(84(9,10)72-76)98-62-56-52-48-44-42-40-38-36-34-32-30-28-26-24-22-20-2/h73-76H,19-72H2,1-18H3. The molecule has 0 aromatic heterocycles. The highest BCUT2D eigenvalue weighted by atomic mass is 16.7. The summed E-state index contributed by atoms with van der Waals surface area (Å²) in [6, 6.07) is 0. The summed E-state index contributed by atoms with van der Waals surface area (Å²) in [7, 11) is 0. The Kier molecular flexibility index (Phi) is 43.7. The summed E-state index contributed by atoms with van der Waals surface area (Å²) in [5.74, 6) is -0.834. The van der Waals surface area contributed by atoms with E-state index in [4.69, 9.17) is 38.3 Å². The molecule has 610 valence electrons. The molecule has 0 bridgehead atoms. The molecule has 4 heterocycles. The van der Waals surface area contributed by atoms with Crippen molar-refractivity contribution < 1.29 is 57.5 Å². The number of carbonyl (C=O) groups excluding carboxylic acids is 4. The van der Waals surface area contributed by atoms with Crippen molar-refractivity contribution in [2.45, 2.75) is 514 Å². The quantitative estimate of drug-likeness (QED) is 0.0322. The first-order chi connectivity index (χ1) is 49.2. The lowest BCUT2D eigenvalue weighted by atomic mass is 9.80. The van der Waals surface area contributed by atoms with Gasteiger partial charge < -0.3 is 18.9 Å². The third-order valence-electron chi connectivity index (χ3n) is 22.9. The summed E-state index contributed by atoms with van der Waals surface area (Å²) in [6.45, 7) is 40.9. The molecule has 0 aromatic carbocycles. The van der Waals surface area contributed by atoms with Crippen molar-refractivity contribution in [2.24, 2.45) is 0 Å². The van der Waals surface area contributed by atoms with Crippen LogP contribution < -0.4 is 0 Å². The van der Waals surface area contributed by atoms with Crippen LogP contribution in [-0.2, 0) is 57.5 Å². The van der Waals surface area contributed by atoms with Crippen molar-refractivity contribution in [1.82, 2.24) is 20.3 Å². The van der Waals surface area contributed by atoms with Crippen molar-refractivity contribution in [3.8, 4) is 0 Å². The number of carbonyl (C=O) groups is 4. The van der Waals surface area contributed by atoms with Gasteiger partial charge in [0.05, 0.1) is 39.3 Å². The molecule has 0 aliphatic carbocycles. The molecule has 0 radical (unpaired) electrons. The Labute approximate surface area is 639 Å². The molecule has 4 rings (SSSR count). The molecule has 0 amide bonds.